The van der Waals surface area contributed by atoms with E-state index in [0.717, 1.165) is 16.7 Å². The third-order valence-electron chi connectivity index (χ3n) is 3.10. The maximum Gasteiger partial charge on any atom is 0.333 e. The maximum atomic E-state index is 11.7. The second-order valence-electron chi connectivity index (χ2n) is 4.84. The first-order chi connectivity index (χ1) is 10.9. The molecule has 9 heteroatoms. The molecule has 0 saturated heterocycles. The highest BCUT2D eigenvalue weighted by atomic mass is 16.7. The Morgan fingerprint density at radius 1 is 0.870 bits per heavy atom. The number of aromatic nitrogens is 2. The van der Waals surface area contributed by atoms with Crippen molar-refractivity contribution in [2.75, 3.05) is 0 Å². The van der Waals surface area contributed by atoms with Crippen LogP contribution in [-0.4, -0.2) is 41.5 Å². The summed E-state index contributed by atoms with van der Waals surface area (Å²) in [7, 11) is 0. The highest BCUT2D eigenvalue weighted by molar-refractivity contribution is 5.79. The molecule has 0 aromatic carbocycles. The zero-order valence-corrected chi connectivity index (χ0v) is 12.0. The van der Waals surface area contributed by atoms with Crippen molar-refractivity contribution >= 4 is 11.8 Å². The number of rotatable bonds is 7. The van der Waals surface area contributed by atoms with E-state index < -0.39 is 17.7 Å². The van der Waals surface area contributed by atoms with E-state index in [-0.39, 0.29) is 43.4 Å². The summed E-state index contributed by atoms with van der Waals surface area (Å²) >= 11 is 0. The zero-order chi connectivity index (χ0) is 17.0. The third-order valence-corrected chi connectivity index (χ3v) is 3.10. The normalized spacial score (nSPS) is 10.6. The van der Waals surface area contributed by atoms with E-state index in [9.17, 15) is 30.0 Å². The first-order valence-corrected chi connectivity index (χ1v) is 6.78. The average Bonchev–Trinajstić information content (AvgIpc) is 2.97. The number of carbonyl (C=O) groups is 2. The quantitative estimate of drug-likeness (QED) is 0.583. The SMILES string of the molecule is O=C(CCCC(=O)On1c(O)ccc1O)Cn1c(O)ccc1O. The van der Waals surface area contributed by atoms with Crippen molar-refractivity contribution in [1.29, 1.82) is 0 Å². The molecule has 124 valence electrons. The van der Waals surface area contributed by atoms with Crippen molar-refractivity contribution in [3.05, 3.63) is 24.3 Å². The van der Waals surface area contributed by atoms with Gasteiger partial charge in [0, 0.05) is 37.1 Å². The van der Waals surface area contributed by atoms with Gasteiger partial charge in [-0.3, -0.25) is 9.36 Å². The van der Waals surface area contributed by atoms with Crippen molar-refractivity contribution in [3.63, 3.8) is 0 Å². The molecule has 0 aliphatic heterocycles. The van der Waals surface area contributed by atoms with Gasteiger partial charge in [-0.2, -0.15) is 0 Å². The average molecular weight is 324 g/mol. The zero-order valence-electron chi connectivity index (χ0n) is 12.0. The van der Waals surface area contributed by atoms with Crippen LogP contribution in [0.4, 0.5) is 0 Å². The summed E-state index contributed by atoms with van der Waals surface area (Å²) in [5.41, 5.74) is 0. The van der Waals surface area contributed by atoms with E-state index in [1.54, 1.807) is 0 Å². The lowest BCUT2D eigenvalue weighted by atomic mass is 10.2. The van der Waals surface area contributed by atoms with Crippen molar-refractivity contribution in [2.45, 2.75) is 25.8 Å². The van der Waals surface area contributed by atoms with Crippen LogP contribution in [-0.2, 0) is 16.1 Å². The molecule has 0 saturated carbocycles. The molecule has 0 atom stereocenters. The standard InChI is InChI=1S/C14H16N2O7/c17-9(8-15-10(18)4-5-11(15)19)2-1-3-14(22)23-16-12(20)6-7-13(16)21/h4-7,18-21H,1-3,8H2. The fraction of sp³-hybridized carbons (Fsp3) is 0.286. The molecule has 9 nitrogen and oxygen atoms in total. The smallest absolute Gasteiger partial charge is 0.333 e. The maximum absolute atomic E-state index is 11.7. The Labute approximate surface area is 130 Å². The van der Waals surface area contributed by atoms with Gasteiger partial charge in [0.25, 0.3) is 0 Å². The fourth-order valence-electron chi connectivity index (χ4n) is 1.94. The van der Waals surface area contributed by atoms with Crippen LogP contribution in [0.5, 0.6) is 23.5 Å². The number of Topliss-reactive ketones (excluding diaryl/α,β-unsaturated/α-hetero) is 1. The predicted molar refractivity (Wildman–Crippen MR) is 76.0 cm³/mol. The van der Waals surface area contributed by atoms with Crippen LogP contribution >= 0.6 is 0 Å². The van der Waals surface area contributed by atoms with Gasteiger partial charge in [0.1, 0.15) is 0 Å². The monoisotopic (exact) mass is 324 g/mol. The van der Waals surface area contributed by atoms with E-state index in [1.165, 1.54) is 12.1 Å². The first kappa shape index (κ1) is 16.3. The minimum atomic E-state index is -0.730. The van der Waals surface area contributed by atoms with Crippen molar-refractivity contribution in [1.82, 2.24) is 9.30 Å². The molecule has 2 heterocycles. The van der Waals surface area contributed by atoms with Crippen LogP contribution in [0.15, 0.2) is 24.3 Å². The molecule has 0 bridgehead atoms. The predicted octanol–water partition coefficient (Wildman–Crippen LogP) is 0.507. The number of aromatic hydroxyl groups is 4. The Balaban J connectivity index is 1.76. The van der Waals surface area contributed by atoms with E-state index in [1.807, 2.05) is 0 Å². The van der Waals surface area contributed by atoms with Gasteiger partial charge in [0.2, 0.25) is 11.8 Å². The van der Waals surface area contributed by atoms with E-state index >= 15 is 0 Å². The van der Waals surface area contributed by atoms with Crippen molar-refractivity contribution in [2.24, 2.45) is 0 Å². The summed E-state index contributed by atoms with van der Waals surface area (Å²) < 4.78 is 1.61. The Bertz CT molecular complexity index is 618. The van der Waals surface area contributed by atoms with E-state index in [0.29, 0.717) is 4.73 Å². The second-order valence-corrected chi connectivity index (χ2v) is 4.84. The molecule has 2 rings (SSSR count). The molecule has 2 aromatic rings. The van der Waals surface area contributed by atoms with Crippen LogP contribution < -0.4 is 4.84 Å². The molecule has 2 aromatic heterocycles. The Morgan fingerprint density at radius 3 is 1.96 bits per heavy atom. The Morgan fingerprint density at radius 2 is 1.39 bits per heavy atom. The number of nitrogens with zero attached hydrogens (tertiary/aromatic N) is 2. The van der Waals surface area contributed by atoms with Crippen LogP contribution in [0, 0.1) is 0 Å². The Hall–Kier alpha value is -3.10. The minimum Gasteiger partial charge on any atom is -0.494 e. The van der Waals surface area contributed by atoms with Gasteiger partial charge in [-0.05, 0) is 6.42 Å². The lowest BCUT2D eigenvalue weighted by Crippen LogP contribution is -2.19. The Kier molecular flexibility index (Phi) is 4.79. The van der Waals surface area contributed by atoms with Gasteiger partial charge in [0.05, 0.1) is 6.54 Å². The largest absolute Gasteiger partial charge is 0.494 e. The summed E-state index contributed by atoms with van der Waals surface area (Å²) in [6.45, 7) is -0.209. The summed E-state index contributed by atoms with van der Waals surface area (Å²) in [5, 5.41) is 37.5. The number of hydrogen-bond donors (Lipinski definition) is 4. The highest BCUT2D eigenvalue weighted by Gasteiger charge is 2.14. The van der Waals surface area contributed by atoms with Gasteiger partial charge < -0.3 is 25.3 Å². The molecule has 0 fully saturated rings. The summed E-state index contributed by atoms with van der Waals surface area (Å²) in [6.07, 6.45) is 0.117. The van der Waals surface area contributed by atoms with Crippen LogP contribution in [0.1, 0.15) is 19.3 Å². The molecule has 0 unspecified atom stereocenters. The van der Waals surface area contributed by atoms with Crippen molar-refractivity contribution < 1.29 is 34.9 Å². The fourth-order valence-corrected chi connectivity index (χ4v) is 1.94. The highest BCUT2D eigenvalue weighted by Crippen LogP contribution is 2.21. The molecule has 0 aliphatic rings. The van der Waals surface area contributed by atoms with Gasteiger partial charge in [-0.25, -0.2) is 4.79 Å². The molecule has 0 amide bonds. The van der Waals surface area contributed by atoms with Crippen molar-refractivity contribution in [3.8, 4) is 23.5 Å². The third kappa shape index (κ3) is 3.96. The second kappa shape index (κ2) is 6.77. The molecular weight excluding hydrogens is 308 g/mol. The van der Waals surface area contributed by atoms with E-state index in [4.69, 9.17) is 4.84 Å². The van der Waals surface area contributed by atoms with Gasteiger partial charge in [-0.15, -0.1) is 4.73 Å². The summed E-state index contributed by atoms with van der Waals surface area (Å²) in [6, 6.07) is 4.83. The van der Waals surface area contributed by atoms with Gasteiger partial charge in [0.15, 0.2) is 17.5 Å². The molecule has 23 heavy (non-hydrogen) atoms. The van der Waals surface area contributed by atoms with Crippen LogP contribution in [0.2, 0.25) is 0 Å². The van der Waals surface area contributed by atoms with Crippen LogP contribution in [0.3, 0.4) is 0 Å². The lowest BCUT2D eigenvalue weighted by molar-refractivity contribution is -0.145. The first-order valence-electron chi connectivity index (χ1n) is 6.78. The van der Waals surface area contributed by atoms with Crippen LogP contribution in [0.25, 0.3) is 0 Å². The van der Waals surface area contributed by atoms with Gasteiger partial charge >= 0.3 is 5.97 Å². The molecule has 0 aliphatic carbocycles. The summed E-state index contributed by atoms with van der Waals surface area (Å²) in [5.74, 6) is -2.32. The molecule has 4 N–H and O–H groups in total. The molecule has 0 spiro atoms. The lowest BCUT2D eigenvalue weighted by Gasteiger charge is -2.07. The van der Waals surface area contributed by atoms with Gasteiger partial charge in [-0.1, -0.05) is 0 Å². The number of carbonyl (C=O) groups excluding carboxylic acids is 2. The number of ketones is 1. The topological polar surface area (TPSA) is 134 Å². The number of hydrogen-bond acceptors (Lipinski definition) is 7. The van der Waals surface area contributed by atoms with E-state index in [2.05, 4.69) is 0 Å². The molecular formula is C14H16N2O7. The minimum absolute atomic E-state index is 0.0375. The summed E-state index contributed by atoms with van der Waals surface area (Å²) in [4.78, 5) is 28.0. The molecule has 0 radical (unpaired) electrons.